The van der Waals surface area contributed by atoms with Crippen molar-refractivity contribution in [1.82, 2.24) is 24.3 Å². The number of fused-ring (bicyclic) bond motifs is 3. The van der Waals surface area contributed by atoms with Crippen LogP contribution in [0.4, 0.5) is 4.39 Å². The van der Waals surface area contributed by atoms with Gasteiger partial charge < -0.3 is 4.57 Å². The zero-order chi connectivity index (χ0) is 16.0. The quantitative estimate of drug-likeness (QED) is 0.584. The van der Waals surface area contributed by atoms with Crippen LogP contribution in [0.5, 0.6) is 0 Å². The highest BCUT2D eigenvalue weighted by atomic mass is 19.1. The number of hydrogen-bond acceptors (Lipinski definition) is 3. The van der Waals surface area contributed by atoms with Crippen molar-refractivity contribution in [2.24, 2.45) is 0 Å². The van der Waals surface area contributed by atoms with Crippen molar-refractivity contribution in [2.75, 3.05) is 0 Å². The molecule has 3 aromatic heterocycles. The van der Waals surface area contributed by atoms with E-state index in [2.05, 4.69) is 19.6 Å². The number of pyridine rings is 1. The molecule has 0 fully saturated rings. The summed E-state index contributed by atoms with van der Waals surface area (Å²) in [6.07, 6.45) is 5.00. The van der Waals surface area contributed by atoms with Crippen LogP contribution in [0.15, 0.2) is 37.1 Å². The van der Waals surface area contributed by atoms with E-state index in [1.54, 1.807) is 30.2 Å². The van der Waals surface area contributed by atoms with E-state index < -0.39 is 0 Å². The van der Waals surface area contributed by atoms with Gasteiger partial charge in [0, 0.05) is 29.0 Å². The molecular weight excluding hydrogens is 293 g/mol. The number of rotatable bonds is 3. The van der Waals surface area contributed by atoms with Gasteiger partial charge in [0.25, 0.3) is 0 Å². The van der Waals surface area contributed by atoms with E-state index in [1.807, 2.05) is 19.1 Å². The molecule has 4 rings (SSSR count). The van der Waals surface area contributed by atoms with Gasteiger partial charge in [0.15, 0.2) is 0 Å². The van der Waals surface area contributed by atoms with Crippen LogP contribution < -0.4 is 0 Å². The summed E-state index contributed by atoms with van der Waals surface area (Å²) in [6.45, 7) is 5.19. The van der Waals surface area contributed by atoms with Gasteiger partial charge in [-0.25, -0.2) is 9.37 Å². The molecule has 0 aliphatic heterocycles. The minimum Gasteiger partial charge on any atom is -0.337 e. The fraction of sp³-hybridized carbons (Fsp3) is 0.235. The summed E-state index contributed by atoms with van der Waals surface area (Å²) in [4.78, 5) is 8.37. The van der Waals surface area contributed by atoms with Crippen LogP contribution in [0.25, 0.3) is 21.8 Å². The first-order valence-electron chi connectivity index (χ1n) is 7.51. The van der Waals surface area contributed by atoms with Crippen molar-refractivity contribution < 1.29 is 4.39 Å². The molecule has 0 unspecified atom stereocenters. The fourth-order valence-corrected chi connectivity index (χ4v) is 3.13. The van der Waals surface area contributed by atoms with Gasteiger partial charge in [-0.1, -0.05) is 0 Å². The summed E-state index contributed by atoms with van der Waals surface area (Å²) in [6, 6.07) is 5.48. The summed E-state index contributed by atoms with van der Waals surface area (Å²) in [7, 11) is 0. The van der Waals surface area contributed by atoms with E-state index in [0.29, 0.717) is 12.1 Å². The first-order valence-corrected chi connectivity index (χ1v) is 7.51. The topological polar surface area (TPSA) is 48.5 Å². The largest absolute Gasteiger partial charge is 0.337 e. The smallest absolute Gasteiger partial charge is 0.137 e. The second kappa shape index (κ2) is 5.15. The van der Waals surface area contributed by atoms with E-state index in [-0.39, 0.29) is 5.82 Å². The normalized spacial score (nSPS) is 11.6. The SMILES string of the molecule is Cc1cc2c(cc1F)c1ccnc(C)c1n2CCn1cncn1. The van der Waals surface area contributed by atoms with Gasteiger partial charge in [0.1, 0.15) is 18.5 Å². The van der Waals surface area contributed by atoms with Crippen LogP contribution >= 0.6 is 0 Å². The fourth-order valence-electron chi connectivity index (χ4n) is 3.13. The van der Waals surface area contributed by atoms with E-state index in [1.165, 1.54) is 6.33 Å². The van der Waals surface area contributed by atoms with E-state index in [0.717, 1.165) is 34.0 Å². The molecule has 0 saturated heterocycles. The third-order valence-corrected chi connectivity index (χ3v) is 4.25. The number of benzene rings is 1. The van der Waals surface area contributed by atoms with Gasteiger partial charge in [-0.2, -0.15) is 5.10 Å². The van der Waals surface area contributed by atoms with Crippen LogP contribution in [0.3, 0.4) is 0 Å². The Bertz CT molecular complexity index is 1000. The number of aromatic nitrogens is 5. The molecule has 1 aromatic carbocycles. The molecule has 0 spiro atoms. The number of nitrogens with zero attached hydrogens (tertiary/aromatic N) is 5. The summed E-state index contributed by atoms with van der Waals surface area (Å²) in [5.74, 6) is -0.178. The Hall–Kier alpha value is -2.76. The van der Waals surface area contributed by atoms with E-state index >= 15 is 0 Å². The maximum Gasteiger partial charge on any atom is 0.137 e. The minimum absolute atomic E-state index is 0.178. The monoisotopic (exact) mass is 309 g/mol. The van der Waals surface area contributed by atoms with Crippen molar-refractivity contribution in [3.63, 3.8) is 0 Å². The molecule has 0 saturated carbocycles. The average Bonchev–Trinajstić information content (AvgIpc) is 3.14. The van der Waals surface area contributed by atoms with Crippen molar-refractivity contribution in [2.45, 2.75) is 26.9 Å². The molecule has 0 radical (unpaired) electrons. The standard InChI is InChI=1S/C17H16FN5/c1-11-7-16-14(8-15(11)18)13-3-4-20-12(2)17(13)23(16)6-5-22-10-19-9-21-22/h3-4,7-10H,5-6H2,1-2H3. The van der Waals surface area contributed by atoms with Gasteiger partial charge in [0.05, 0.1) is 17.8 Å². The Morgan fingerprint density at radius 3 is 2.78 bits per heavy atom. The molecule has 5 nitrogen and oxygen atoms in total. The van der Waals surface area contributed by atoms with Crippen LogP contribution in [-0.2, 0) is 13.1 Å². The predicted molar refractivity (Wildman–Crippen MR) is 86.7 cm³/mol. The second-order valence-corrected chi connectivity index (χ2v) is 5.72. The lowest BCUT2D eigenvalue weighted by Gasteiger charge is -2.09. The van der Waals surface area contributed by atoms with Gasteiger partial charge in [-0.15, -0.1) is 0 Å². The van der Waals surface area contributed by atoms with Crippen LogP contribution in [-0.4, -0.2) is 24.3 Å². The lowest BCUT2D eigenvalue weighted by Crippen LogP contribution is -2.08. The molecule has 0 amide bonds. The molecule has 116 valence electrons. The maximum atomic E-state index is 14.0. The molecule has 0 bridgehead atoms. The van der Waals surface area contributed by atoms with Crippen molar-refractivity contribution in [3.8, 4) is 0 Å². The highest BCUT2D eigenvalue weighted by Crippen LogP contribution is 2.31. The van der Waals surface area contributed by atoms with E-state index in [9.17, 15) is 4.39 Å². The zero-order valence-electron chi connectivity index (χ0n) is 13.0. The summed E-state index contributed by atoms with van der Waals surface area (Å²) >= 11 is 0. The molecule has 23 heavy (non-hydrogen) atoms. The first-order chi connectivity index (χ1) is 11.1. The lowest BCUT2D eigenvalue weighted by molar-refractivity contribution is 0.548. The number of aryl methyl sites for hydroxylation is 4. The van der Waals surface area contributed by atoms with Crippen LogP contribution in [0.1, 0.15) is 11.3 Å². The highest BCUT2D eigenvalue weighted by molar-refractivity contribution is 6.08. The molecule has 3 heterocycles. The van der Waals surface area contributed by atoms with Crippen molar-refractivity contribution >= 4 is 21.8 Å². The Balaban J connectivity index is 1.96. The summed E-state index contributed by atoms with van der Waals surface area (Å²) < 4.78 is 18.0. The lowest BCUT2D eigenvalue weighted by atomic mass is 10.1. The van der Waals surface area contributed by atoms with Crippen molar-refractivity contribution in [1.29, 1.82) is 0 Å². The summed E-state index contributed by atoms with van der Waals surface area (Å²) in [5.41, 5.74) is 3.66. The third kappa shape index (κ3) is 2.18. The molecule has 6 heteroatoms. The minimum atomic E-state index is -0.178. The Labute approximate surface area is 132 Å². The number of hydrogen-bond donors (Lipinski definition) is 0. The third-order valence-electron chi connectivity index (χ3n) is 4.25. The van der Waals surface area contributed by atoms with Gasteiger partial charge >= 0.3 is 0 Å². The molecular formula is C17H16FN5. The maximum absolute atomic E-state index is 14.0. The molecule has 0 N–H and O–H groups in total. The van der Waals surface area contributed by atoms with Gasteiger partial charge in [-0.05, 0) is 37.6 Å². The molecule has 0 aliphatic carbocycles. The molecule has 0 atom stereocenters. The van der Waals surface area contributed by atoms with Crippen LogP contribution in [0, 0.1) is 19.7 Å². The first kappa shape index (κ1) is 13.9. The number of halogens is 1. The van der Waals surface area contributed by atoms with Gasteiger partial charge in [0.2, 0.25) is 0 Å². The molecule has 0 aliphatic rings. The summed E-state index contributed by atoms with van der Waals surface area (Å²) in [5, 5.41) is 6.10. The zero-order valence-corrected chi connectivity index (χ0v) is 13.0. The second-order valence-electron chi connectivity index (χ2n) is 5.72. The Morgan fingerprint density at radius 1 is 1.13 bits per heavy atom. The van der Waals surface area contributed by atoms with Crippen LogP contribution in [0.2, 0.25) is 0 Å². The van der Waals surface area contributed by atoms with Gasteiger partial charge in [-0.3, -0.25) is 9.67 Å². The predicted octanol–water partition coefficient (Wildman–Crippen LogP) is 3.24. The van der Waals surface area contributed by atoms with Crippen molar-refractivity contribution in [3.05, 3.63) is 54.1 Å². The van der Waals surface area contributed by atoms with E-state index in [4.69, 9.17) is 0 Å². The molecule has 4 aromatic rings. The average molecular weight is 309 g/mol. The highest BCUT2D eigenvalue weighted by Gasteiger charge is 2.15. The Morgan fingerprint density at radius 2 is 2.00 bits per heavy atom. The Kier molecular flexibility index (Phi) is 3.11.